The number of hydrogen-bond donors (Lipinski definition) is 0. The number of carbonyl (C=O) groups excluding carboxylic acids is 1. The Hall–Kier alpha value is 0.250. The van der Waals surface area contributed by atoms with E-state index in [2.05, 4.69) is 0 Å². The van der Waals surface area contributed by atoms with E-state index in [-0.39, 0.29) is 5.88 Å². The predicted octanol–water partition coefficient (Wildman–Crippen LogP) is 1.42. The number of aldehydes is 1. The van der Waals surface area contributed by atoms with Gasteiger partial charge in [-0.25, -0.2) is 0 Å². The zero-order valence-electron chi connectivity index (χ0n) is 3.95. The van der Waals surface area contributed by atoms with Gasteiger partial charge in [0.15, 0.2) is 0 Å². The summed E-state index contributed by atoms with van der Waals surface area (Å²) in [7, 11) is 0. The van der Waals surface area contributed by atoms with Crippen molar-refractivity contribution >= 4 is 29.5 Å². The van der Waals surface area contributed by atoms with E-state index in [4.69, 9.17) is 23.2 Å². The van der Waals surface area contributed by atoms with E-state index in [9.17, 15) is 4.79 Å². The molecule has 0 aromatic heterocycles. The second-order valence-electron chi connectivity index (χ2n) is 1.53. The minimum atomic E-state index is -0.860. The molecule has 1 nitrogen and oxygen atoms in total. The molecule has 3 heteroatoms. The van der Waals surface area contributed by atoms with Gasteiger partial charge in [-0.15, -0.1) is 23.2 Å². The lowest BCUT2D eigenvalue weighted by molar-refractivity contribution is -0.109. The van der Waals surface area contributed by atoms with Crippen LogP contribution in [0.4, 0.5) is 0 Å². The van der Waals surface area contributed by atoms with Gasteiger partial charge in [-0.1, -0.05) is 0 Å². The molecule has 0 aliphatic carbocycles. The fraction of sp³-hybridized carbons (Fsp3) is 0.750. The molecule has 0 saturated carbocycles. The third kappa shape index (κ3) is 2.89. The minimum absolute atomic E-state index is 0.165. The van der Waals surface area contributed by atoms with Crippen molar-refractivity contribution in [1.82, 2.24) is 0 Å². The molecule has 0 aromatic carbocycles. The second kappa shape index (κ2) is 2.53. The monoisotopic (exact) mass is 140 g/mol. The Morgan fingerprint density at radius 1 is 1.86 bits per heavy atom. The highest BCUT2D eigenvalue weighted by molar-refractivity contribution is 6.36. The van der Waals surface area contributed by atoms with Crippen LogP contribution in [0.1, 0.15) is 6.92 Å². The lowest BCUT2D eigenvalue weighted by Crippen LogP contribution is -2.19. The molecule has 0 spiro atoms. The quantitative estimate of drug-likeness (QED) is 0.419. The van der Waals surface area contributed by atoms with Gasteiger partial charge in [0.05, 0.1) is 0 Å². The zero-order chi connectivity index (χ0) is 5.91. The van der Waals surface area contributed by atoms with Crippen LogP contribution in [0, 0.1) is 0 Å². The summed E-state index contributed by atoms with van der Waals surface area (Å²) in [4.78, 5) is 8.98. The summed E-state index contributed by atoms with van der Waals surface area (Å²) in [6.07, 6.45) is 0.627. The lowest BCUT2D eigenvalue weighted by atomic mass is 10.2. The fourth-order valence-corrected chi connectivity index (χ4v) is 0.0945. The van der Waals surface area contributed by atoms with Crippen molar-refractivity contribution in [2.24, 2.45) is 0 Å². The van der Waals surface area contributed by atoms with Crippen LogP contribution in [0.2, 0.25) is 0 Å². The Morgan fingerprint density at radius 2 is 2.29 bits per heavy atom. The predicted molar refractivity (Wildman–Crippen MR) is 31.0 cm³/mol. The van der Waals surface area contributed by atoms with Crippen molar-refractivity contribution in [2.75, 3.05) is 5.88 Å². The Balaban J connectivity index is 3.58. The van der Waals surface area contributed by atoms with Gasteiger partial charge in [-0.2, -0.15) is 0 Å². The summed E-state index contributed by atoms with van der Waals surface area (Å²) in [6.45, 7) is 1.56. The van der Waals surface area contributed by atoms with Crippen LogP contribution in [0.5, 0.6) is 0 Å². The summed E-state index contributed by atoms with van der Waals surface area (Å²) in [5, 5.41) is 0. The third-order valence-corrected chi connectivity index (χ3v) is 1.42. The van der Waals surface area contributed by atoms with E-state index in [0.29, 0.717) is 6.29 Å². The molecule has 42 valence electrons. The summed E-state index contributed by atoms with van der Waals surface area (Å²) < 4.78 is 0. The van der Waals surface area contributed by atoms with Crippen LogP contribution in [0.3, 0.4) is 0 Å². The van der Waals surface area contributed by atoms with Crippen LogP contribution in [0.25, 0.3) is 0 Å². The van der Waals surface area contributed by atoms with Gasteiger partial charge >= 0.3 is 0 Å². The van der Waals surface area contributed by atoms with Crippen LogP contribution in [-0.2, 0) is 4.79 Å². The van der Waals surface area contributed by atoms with Crippen molar-refractivity contribution in [1.29, 1.82) is 0 Å². The van der Waals surface area contributed by atoms with Gasteiger partial charge in [0, 0.05) is 5.88 Å². The number of carbonyl (C=O) groups is 1. The van der Waals surface area contributed by atoms with E-state index in [1.54, 1.807) is 6.92 Å². The van der Waals surface area contributed by atoms with Crippen molar-refractivity contribution in [3.05, 3.63) is 0 Å². The molecule has 0 amide bonds. The lowest BCUT2D eigenvalue weighted by Gasteiger charge is -2.05. The Kier molecular flexibility index (Phi) is 2.62. The Labute approximate surface area is 52.6 Å². The van der Waals surface area contributed by atoms with Gasteiger partial charge < -0.3 is 4.79 Å². The highest BCUT2D eigenvalue weighted by Crippen LogP contribution is 2.11. The topological polar surface area (TPSA) is 17.1 Å². The highest BCUT2D eigenvalue weighted by Gasteiger charge is 2.16. The number of halogens is 2. The van der Waals surface area contributed by atoms with Gasteiger partial charge in [0.1, 0.15) is 11.2 Å². The maximum Gasteiger partial charge on any atom is 0.141 e. The first-order chi connectivity index (χ1) is 3.12. The average molecular weight is 141 g/mol. The zero-order valence-corrected chi connectivity index (χ0v) is 5.46. The SMILES string of the molecule is CC(Cl)(C=O)CCl. The largest absolute Gasteiger partial charge is 0.301 e. The smallest absolute Gasteiger partial charge is 0.141 e. The Bertz CT molecular complexity index is 70.1. The van der Waals surface area contributed by atoms with Gasteiger partial charge in [-0.3, -0.25) is 0 Å². The summed E-state index contributed by atoms with van der Waals surface area (Å²) in [6, 6.07) is 0. The molecule has 0 radical (unpaired) electrons. The highest BCUT2D eigenvalue weighted by atomic mass is 35.5. The van der Waals surface area contributed by atoms with Crippen molar-refractivity contribution in [3.63, 3.8) is 0 Å². The van der Waals surface area contributed by atoms with Crippen LogP contribution in [-0.4, -0.2) is 17.0 Å². The molecule has 0 heterocycles. The molecule has 0 rings (SSSR count). The first kappa shape index (κ1) is 7.25. The molecule has 1 atom stereocenters. The number of rotatable bonds is 2. The molecule has 0 aromatic rings. The molecule has 0 aliphatic heterocycles. The fourth-order valence-electron chi connectivity index (χ4n) is 0.0315. The summed E-state index contributed by atoms with van der Waals surface area (Å²) in [5.74, 6) is 0.165. The van der Waals surface area contributed by atoms with Crippen molar-refractivity contribution in [3.8, 4) is 0 Å². The van der Waals surface area contributed by atoms with E-state index in [0.717, 1.165) is 0 Å². The average Bonchev–Trinajstić information content (AvgIpc) is 1.68. The van der Waals surface area contributed by atoms with E-state index >= 15 is 0 Å². The molecule has 1 unspecified atom stereocenters. The van der Waals surface area contributed by atoms with E-state index in [1.165, 1.54) is 0 Å². The number of hydrogen-bond acceptors (Lipinski definition) is 1. The molecule has 0 saturated heterocycles. The molecule has 0 N–H and O–H groups in total. The minimum Gasteiger partial charge on any atom is -0.301 e. The maximum atomic E-state index is 9.84. The standard InChI is InChI=1S/C4H6Cl2O/c1-4(6,2-5)3-7/h3H,2H2,1H3. The number of alkyl halides is 2. The van der Waals surface area contributed by atoms with Crippen LogP contribution < -0.4 is 0 Å². The summed E-state index contributed by atoms with van der Waals surface area (Å²) >= 11 is 10.6. The van der Waals surface area contributed by atoms with Crippen LogP contribution in [0.15, 0.2) is 0 Å². The molecular formula is C4H6Cl2O. The molecule has 0 aliphatic rings. The van der Waals surface area contributed by atoms with E-state index < -0.39 is 4.87 Å². The normalized spacial score (nSPS) is 18.1. The first-order valence-corrected chi connectivity index (χ1v) is 2.75. The maximum absolute atomic E-state index is 9.84. The van der Waals surface area contributed by atoms with Crippen molar-refractivity contribution in [2.45, 2.75) is 11.8 Å². The van der Waals surface area contributed by atoms with Gasteiger partial charge in [0.2, 0.25) is 0 Å². The molecule has 0 bridgehead atoms. The van der Waals surface area contributed by atoms with Crippen LogP contribution >= 0.6 is 23.2 Å². The second-order valence-corrected chi connectivity index (χ2v) is 2.66. The first-order valence-electron chi connectivity index (χ1n) is 1.83. The molecular weight excluding hydrogens is 135 g/mol. The molecule has 0 fully saturated rings. The van der Waals surface area contributed by atoms with E-state index in [1.807, 2.05) is 0 Å². The van der Waals surface area contributed by atoms with Gasteiger partial charge in [0.25, 0.3) is 0 Å². The summed E-state index contributed by atoms with van der Waals surface area (Å²) in [5.41, 5.74) is 0. The van der Waals surface area contributed by atoms with Gasteiger partial charge in [-0.05, 0) is 6.92 Å². The van der Waals surface area contributed by atoms with Crippen molar-refractivity contribution < 1.29 is 4.79 Å². The third-order valence-electron chi connectivity index (χ3n) is 0.507. The molecule has 7 heavy (non-hydrogen) atoms. The Morgan fingerprint density at radius 3 is 2.29 bits per heavy atom.